The molecule has 2 N–H and O–H groups in total. The molecule has 0 amide bonds. The third-order valence-electron chi connectivity index (χ3n) is 1.72. The van der Waals surface area contributed by atoms with Crippen LogP contribution in [0.25, 0.3) is 0 Å². The van der Waals surface area contributed by atoms with Crippen LogP contribution in [0.1, 0.15) is 0 Å². The highest BCUT2D eigenvalue weighted by Gasteiger charge is 2.27. The molecule has 1 rings (SSSR count). The summed E-state index contributed by atoms with van der Waals surface area (Å²) >= 11 is 5.67. The van der Waals surface area contributed by atoms with E-state index in [-0.39, 0.29) is 13.2 Å². The summed E-state index contributed by atoms with van der Waals surface area (Å²) in [6.07, 6.45) is -4.32. The first-order chi connectivity index (χ1) is 7.88. The van der Waals surface area contributed by atoms with Crippen LogP contribution >= 0.6 is 11.6 Å². The minimum absolute atomic E-state index is 0.0120. The van der Waals surface area contributed by atoms with Gasteiger partial charge in [0.1, 0.15) is 19.0 Å². The van der Waals surface area contributed by atoms with Crippen molar-refractivity contribution in [2.24, 2.45) is 0 Å². The summed E-state index contributed by atoms with van der Waals surface area (Å²) in [4.78, 5) is 0. The molecule has 0 aliphatic heterocycles. The van der Waals surface area contributed by atoms with E-state index in [1.54, 1.807) is 12.1 Å². The van der Waals surface area contributed by atoms with Crippen LogP contribution in [0.15, 0.2) is 18.2 Å². The molecule has 0 aromatic heterocycles. The minimum Gasteiger partial charge on any atom is -0.489 e. The summed E-state index contributed by atoms with van der Waals surface area (Å²) in [6.45, 7) is -1.46. The predicted molar refractivity (Wildman–Crippen MR) is 58.2 cm³/mol. The van der Waals surface area contributed by atoms with E-state index in [1.165, 1.54) is 6.07 Å². The summed E-state index contributed by atoms with van der Waals surface area (Å²) < 4.78 is 44.6. The molecular weight excluding hydrogens is 259 g/mol. The lowest BCUT2D eigenvalue weighted by atomic mass is 10.3. The zero-order valence-electron chi connectivity index (χ0n) is 8.76. The average molecular weight is 270 g/mol. The van der Waals surface area contributed by atoms with Crippen LogP contribution in [0.5, 0.6) is 5.75 Å². The summed E-state index contributed by atoms with van der Waals surface area (Å²) in [6, 6.07) is 4.61. The molecule has 0 aliphatic carbocycles. The molecule has 7 heteroatoms. The summed E-state index contributed by atoms with van der Waals surface area (Å²) in [5.74, 6) is 0.366. The number of ether oxygens (including phenoxy) is 2. The third kappa shape index (κ3) is 5.65. The van der Waals surface area contributed by atoms with Gasteiger partial charge in [-0.1, -0.05) is 11.6 Å². The normalized spacial score (nSPS) is 11.5. The number of hydrogen-bond donors (Lipinski definition) is 1. The van der Waals surface area contributed by atoms with Gasteiger partial charge in [0.05, 0.1) is 12.3 Å². The van der Waals surface area contributed by atoms with Gasteiger partial charge in [0.15, 0.2) is 0 Å². The van der Waals surface area contributed by atoms with Gasteiger partial charge in [-0.2, -0.15) is 13.2 Å². The lowest BCUT2D eigenvalue weighted by molar-refractivity contribution is -0.175. The molecule has 0 bridgehead atoms. The molecule has 0 radical (unpaired) electrons. The summed E-state index contributed by atoms with van der Waals surface area (Å²) in [5, 5.41) is 0.461. The Labute approximate surface area is 101 Å². The largest absolute Gasteiger partial charge is 0.489 e. The first-order valence-electron chi connectivity index (χ1n) is 4.71. The number of alkyl halides is 3. The summed E-state index contributed by atoms with van der Waals surface area (Å²) in [5.41, 5.74) is 5.90. The molecular formula is C10H11ClF3NO2. The Kier molecular flexibility index (Phi) is 4.89. The van der Waals surface area contributed by atoms with Crippen molar-refractivity contribution in [1.82, 2.24) is 0 Å². The van der Waals surface area contributed by atoms with Gasteiger partial charge < -0.3 is 15.2 Å². The fourth-order valence-electron chi connectivity index (χ4n) is 1.05. The van der Waals surface area contributed by atoms with Crippen LogP contribution in [0.3, 0.4) is 0 Å². The Balaban J connectivity index is 2.27. The second-order valence-corrected chi connectivity index (χ2v) is 3.63. The molecule has 96 valence electrons. The maximum atomic E-state index is 11.7. The quantitative estimate of drug-likeness (QED) is 0.660. The van der Waals surface area contributed by atoms with Gasteiger partial charge in [-0.3, -0.25) is 0 Å². The van der Waals surface area contributed by atoms with E-state index >= 15 is 0 Å². The minimum atomic E-state index is -4.32. The number of nitrogens with two attached hydrogens (primary N) is 1. The molecule has 1 aromatic rings. The fourth-order valence-corrected chi connectivity index (χ4v) is 1.23. The van der Waals surface area contributed by atoms with E-state index in [0.29, 0.717) is 16.5 Å². The van der Waals surface area contributed by atoms with Gasteiger partial charge in [0.25, 0.3) is 0 Å². The smallest absolute Gasteiger partial charge is 0.411 e. The van der Waals surface area contributed by atoms with Crippen molar-refractivity contribution in [3.8, 4) is 5.75 Å². The second-order valence-electron chi connectivity index (χ2n) is 3.20. The van der Waals surface area contributed by atoms with Gasteiger partial charge in [0.2, 0.25) is 0 Å². The SMILES string of the molecule is Nc1cc(Cl)ccc1OCCOCC(F)(F)F. The van der Waals surface area contributed by atoms with E-state index in [1.807, 2.05) is 0 Å². The molecule has 0 aliphatic rings. The number of benzene rings is 1. The third-order valence-corrected chi connectivity index (χ3v) is 1.96. The van der Waals surface area contributed by atoms with Crippen molar-refractivity contribution >= 4 is 17.3 Å². The Hall–Kier alpha value is -1.14. The van der Waals surface area contributed by atoms with Gasteiger partial charge in [-0.15, -0.1) is 0 Å². The molecule has 3 nitrogen and oxygen atoms in total. The van der Waals surface area contributed by atoms with Crippen LogP contribution in [0.4, 0.5) is 18.9 Å². The first kappa shape index (κ1) is 13.9. The monoisotopic (exact) mass is 269 g/mol. The van der Waals surface area contributed by atoms with Crippen molar-refractivity contribution in [2.75, 3.05) is 25.6 Å². The molecule has 0 heterocycles. The topological polar surface area (TPSA) is 44.5 Å². The maximum Gasteiger partial charge on any atom is 0.411 e. The van der Waals surface area contributed by atoms with E-state index in [9.17, 15) is 13.2 Å². The summed E-state index contributed by atoms with van der Waals surface area (Å²) in [7, 11) is 0. The molecule has 0 spiro atoms. The first-order valence-corrected chi connectivity index (χ1v) is 5.08. The van der Waals surface area contributed by atoms with E-state index in [0.717, 1.165) is 0 Å². The molecule has 0 saturated heterocycles. The van der Waals surface area contributed by atoms with Crippen LogP contribution in [-0.2, 0) is 4.74 Å². The van der Waals surface area contributed by atoms with Crippen molar-refractivity contribution < 1.29 is 22.6 Å². The molecule has 0 atom stereocenters. The molecule has 0 saturated carbocycles. The van der Waals surface area contributed by atoms with Gasteiger partial charge in [0, 0.05) is 5.02 Å². The Morgan fingerprint density at radius 3 is 2.53 bits per heavy atom. The van der Waals surface area contributed by atoms with Crippen molar-refractivity contribution in [3.05, 3.63) is 23.2 Å². The number of nitrogen functional groups attached to an aromatic ring is 1. The van der Waals surface area contributed by atoms with E-state index in [2.05, 4.69) is 4.74 Å². The van der Waals surface area contributed by atoms with Crippen LogP contribution in [0.2, 0.25) is 5.02 Å². The Bertz CT molecular complexity index is 371. The second kappa shape index (κ2) is 5.97. The van der Waals surface area contributed by atoms with Gasteiger partial charge in [-0.05, 0) is 18.2 Å². The van der Waals surface area contributed by atoms with Gasteiger partial charge in [-0.25, -0.2) is 0 Å². The zero-order chi connectivity index (χ0) is 12.9. The highest BCUT2D eigenvalue weighted by molar-refractivity contribution is 6.30. The predicted octanol–water partition coefficient (Wildman–Crippen LogP) is 2.88. The molecule has 1 aromatic carbocycles. The number of rotatable bonds is 5. The molecule has 0 unspecified atom stereocenters. The lowest BCUT2D eigenvalue weighted by Gasteiger charge is -2.10. The number of halogens is 4. The number of anilines is 1. The zero-order valence-corrected chi connectivity index (χ0v) is 9.52. The molecule has 17 heavy (non-hydrogen) atoms. The molecule has 0 fully saturated rings. The van der Waals surface area contributed by atoms with Crippen LogP contribution in [0, 0.1) is 0 Å². The van der Waals surface area contributed by atoms with Crippen molar-refractivity contribution in [1.29, 1.82) is 0 Å². The average Bonchev–Trinajstić information content (AvgIpc) is 2.18. The maximum absolute atomic E-state index is 11.7. The van der Waals surface area contributed by atoms with E-state index in [4.69, 9.17) is 22.1 Å². The van der Waals surface area contributed by atoms with E-state index < -0.39 is 12.8 Å². The lowest BCUT2D eigenvalue weighted by Crippen LogP contribution is -2.19. The van der Waals surface area contributed by atoms with Crippen LogP contribution < -0.4 is 10.5 Å². The fraction of sp³-hybridized carbons (Fsp3) is 0.400. The standard InChI is InChI=1S/C10H11ClF3NO2/c11-7-1-2-9(8(15)5-7)17-4-3-16-6-10(12,13)14/h1-2,5H,3-4,6,15H2. The van der Waals surface area contributed by atoms with Crippen LogP contribution in [-0.4, -0.2) is 26.0 Å². The Morgan fingerprint density at radius 2 is 1.94 bits per heavy atom. The highest BCUT2D eigenvalue weighted by atomic mass is 35.5. The Morgan fingerprint density at radius 1 is 1.24 bits per heavy atom. The van der Waals surface area contributed by atoms with Crippen molar-refractivity contribution in [2.45, 2.75) is 6.18 Å². The highest BCUT2D eigenvalue weighted by Crippen LogP contribution is 2.24. The van der Waals surface area contributed by atoms with Gasteiger partial charge >= 0.3 is 6.18 Å². The van der Waals surface area contributed by atoms with Crippen molar-refractivity contribution in [3.63, 3.8) is 0 Å². The number of hydrogen-bond acceptors (Lipinski definition) is 3.